The molecular formula is C34H59N7O6. The number of likely N-dealkylation sites (N-methyl/N-ethyl adjacent to an activating group) is 1. The van der Waals surface area contributed by atoms with E-state index in [1.165, 1.54) is 24.5 Å². The van der Waals surface area contributed by atoms with Crippen molar-refractivity contribution < 1.29 is 28.7 Å². The number of pyridine rings is 1. The van der Waals surface area contributed by atoms with E-state index in [-0.39, 0.29) is 47.1 Å². The van der Waals surface area contributed by atoms with E-state index in [1.807, 2.05) is 62.3 Å². The molecule has 0 spiro atoms. The van der Waals surface area contributed by atoms with Crippen molar-refractivity contribution in [3.8, 4) is 0 Å². The second-order valence-corrected chi connectivity index (χ2v) is 13.3. The minimum absolute atomic E-state index is 0.0751. The summed E-state index contributed by atoms with van der Waals surface area (Å²) in [5.41, 5.74) is 0.244. The van der Waals surface area contributed by atoms with Crippen molar-refractivity contribution in [2.75, 3.05) is 13.1 Å². The fraction of sp³-hybridized carbons (Fsp3) is 0.706. The van der Waals surface area contributed by atoms with Gasteiger partial charge in [-0.3, -0.25) is 24.0 Å². The molecule has 5 atom stereocenters. The maximum atomic E-state index is 13.6. The third-order valence-electron chi connectivity index (χ3n) is 7.64. The first-order chi connectivity index (χ1) is 22.1. The lowest BCUT2D eigenvalue weighted by Crippen LogP contribution is -2.58. The molecule has 0 saturated heterocycles. The van der Waals surface area contributed by atoms with Crippen LogP contribution in [0.5, 0.6) is 0 Å². The van der Waals surface area contributed by atoms with Crippen LogP contribution >= 0.6 is 0 Å². The van der Waals surface area contributed by atoms with Crippen LogP contribution in [0.1, 0.15) is 105 Å². The van der Waals surface area contributed by atoms with Crippen LogP contribution in [0.25, 0.3) is 0 Å². The summed E-state index contributed by atoms with van der Waals surface area (Å²) < 4.78 is 0.568. The lowest BCUT2D eigenvalue weighted by molar-refractivity contribution is -0.605. The average Bonchev–Trinajstić information content (AvgIpc) is 2.99. The number of nitrogens with zero attached hydrogens (tertiary/aromatic N) is 1. The summed E-state index contributed by atoms with van der Waals surface area (Å²) in [6, 6.07) is -0.544. The maximum Gasteiger partial charge on any atom is 0.252 e. The summed E-state index contributed by atoms with van der Waals surface area (Å²) in [6.45, 7) is 18.1. The van der Waals surface area contributed by atoms with Crippen molar-refractivity contribution in [2.45, 2.75) is 125 Å². The van der Waals surface area contributed by atoms with Gasteiger partial charge in [-0.05, 0) is 50.4 Å². The molecule has 1 rings (SSSR count). The van der Waals surface area contributed by atoms with Crippen molar-refractivity contribution in [3.63, 3.8) is 0 Å². The van der Waals surface area contributed by atoms with Crippen LogP contribution in [0.4, 0.5) is 0 Å². The molecule has 1 aromatic heterocycles. The number of carbonyl (C=O) groups is 5. The van der Waals surface area contributed by atoms with E-state index in [0.717, 1.165) is 0 Å². The van der Waals surface area contributed by atoms with Gasteiger partial charge >= 0.3 is 0 Å². The topological polar surface area (TPSA) is 184 Å². The smallest absolute Gasteiger partial charge is 0.252 e. The number of hydrogen-bond donors (Lipinski definition) is 6. The van der Waals surface area contributed by atoms with Gasteiger partial charge in [0.15, 0.2) is 12.4 Å². The molecule has 0 bridgehead atoms. The van der Waals surface area contributed by atoms with Gasteiger partial charge in [-0.2, -0.15) is 4.73 Å². The van der Waals surface area contributed by atoms with Crippen LogP contribution in [-0.2, 0) is 19.2 Å². The third kappa shape index (κ3) is 15.1. The van der Waals surface area contributed by atoms with Gasteiger partial charge in [0.1, 0.15) is 18.1 Å². The Balaban J connectivity index is 3.01. The van der Waals surface area contributed by atoms with Crippen LogP contribution < -0.4 is 36.6 Å². The van der Waals surface area contributed by atoms with Gasteiger partial charge in [-0.25, -0.2) is 0 Å². The van der Waals surface area contributed by atoms with Crippen LogP contribution in [0, 0.1) is 23.0 Å². The monoisotopic (exact) mass is 661 g/mol. The van der Waals surface area contributed by atoms with Crippen LogP contribution in [-0.4, -0.2) is 72.8 Å². The highest BCUT2D eigenvalue weighted by Gasteiger charge is 2.30. The molecule has 0 aliphatic heterocycles. The van der Waals surface area contributed by atoms with E-state index in [1.54, 1.807) is 0 Å². The highest BCUT2D eigenvalue weighted by atomic mass is 16.5. The second-order valence-electron chi connectivity index (χ2n) is 13.3. The molecule has 0 fully saturated rings. The molecule has 266 valence electrons. The lowest BCUT2D eigenvalue weighted by atomic mass is 10.0. The first-order valence-electron chi connectivity index (χ1n) is 17.0. The van der Waals surface area contributed by atoms with Crippen LogP contribution in [0.15, 0.2) is 24.5 Å². The Morgan fingerprint density at radius 2 is 1.30 bits per heavy atom. The Morgan fingerprint density at radius 3 is 1.81 bits per heavy atom. The zero-order valence-corrected chi connectivity index (χ0v) is 29.8. The summed E-state index contributed by atoms with van der Waals surface area (Å²) in [5.74, 6) is -1.62. The first kappa shape index (κ1) is 41.3. The molecule has 0 saturated carbocycles. The first-order valence-corrected chi connectivity index (χ1v) is 17.0. The molecular weight excluding hydrogens is 602 g/mol. The number of carbonyl (C=O) groups excluding carboxylic acids is 5. The minimum Gasteiger partial charge on any atom is -0.619 e. The van der Waals surface area contributed by atoms with E-state index in [9.17, 15) is 29.2 Å². The Bertz CT molecular complexity index is 1140. The standard InChI is InChI=1S/C34H59N7O6/c1-10-13-27(38-33(45)28(19-22(6)7)39-30(42)24-14-16-41(47)17-15-24)32(44)37-25(18-21(4)5)20-36-26(11-2)31(43)40-29(23(8)9)34(46)35-12-3/h14-17,21-23,25-29,36H,10-13,18-20H2,1-9H3,(H,35,46)(H,37,44)(H,38,45)(H,39,42)(H,40,43)/t25-,26-,27-,28-,29-/m0/s1. The van der Waals surface area contributed by atoms with Gasteiger partial charge < -0.3 is 37.1 Å². The van der Waals surface area contributed by atoms with Gasteiger partial charge in [0.2, 0.25) is 23.6 Å². The SMILES string of the molecule is CCC[C@H](NC(=O)[C@H](CC(C)C)NC(=O)c1cc[n+]([O-])cc1)C(=O)N[C@H](CN[C@@H](CC)C(=O)N[C@H](C(=O)NCC)C(C)C)CC(C)C. The number of hydrogen-bond acceptors (Lipinski definition) is 7. The molecule has 0 aromatic carbocycles. The van der Waals surface area contributed by atoms with Gasteiger partial charge in [-0.15, -0.1) is 0 Å². The molecule has 1 heterocycles. The van der Waals surface area contributed by atoms with E-state index >= 15 is 0 Å². The maximum absolute atomic E-state index is 13.6. The minimum atomic E-state index is -0.889. The summed E-state index contributed by atoms with van der Waals surface area (Å²) >= 11 is 0. The van der Waals surface area contributed by atoms with E-state index in [4.69, 9.17) is 0 Å². The van der Waals surface area contributed by atoms with Gasteiger partial charge in [0.05, 0.1) is 11.6 Å². The number of aromatic nitrogens is 1. The number of amides is 5. The molecule has 0 unspecified atom stereocenters. The molecule has 0 radical (unpaired) electrons. The quantitative estimate of drug-likeness (QED) is 0.0859. The zero-order chi connectivity index (χ0) is 35.7. The van der Waals surface area contributed by atoms with Crippen molar-refractivity contribution >= 4 is 29.5 Å². The number of rotatable bonds is 21. The van der Waals surface area contributed by atoms with Crippen LogP contribution in [0.3, 0.4) is 0 Å². The normalized spacial score (nSPS) is 14.6. The molecule has 47 heavy (non-hydrogen) atoms. The zero-order valence-electron chi connectivity index (χ0n) is 29.8. The van der Waals surface area contributed by atoms with Crippen molar-refractivity contribution in [2.24, 2.45) is 17.8 Å². The lowest BCUT2D eigenvalue weighted by Gasteiger charge is -2.28. The largest absolute Gasteiger partial charge is 0.619 e. The number of nitrogens with one attached hydrogen (secondary N) is 6. The molecule has 0 aliphatic rings. The third-order valence-corrected chi connectivity index (χ3v) is 7.64. The van der Waals surface area contributed by atoms with Crippen molar-refractivity contribution in [3.05, 3.63) is 35.3 Å². The fourth-order valence-electron chi connectivity index (χ4n) is 5.18. The second kappa shape index (κ2) is 21.2. The highest BCUT2D eigenvalue weighted by molar-refractivity contribution is 5.98. The predicted molar refractivity (Wildman–Crippen MR) is 182 cm³/mol. The van der Waals surface area contributed by atoms with Crippen molar-refractivity contribution in [1.82, 2.24) is 31.9 Å². The van der Waals surface area contributed by atoms with Crippen molar-refractivity contribution in [1.29, 1.82) is 0 Å². The molecule has 13 nitrogen and oxygen atoms in total. The summed E-state index contributed by atoms with van der Waals surface area (Å²) in [6.07, 6.45) is 4.90. The van der Waals surface area contributed by atoms with Gasteiger partial charge in [-0.1, -0.05) is 61.8 Å². The Kier molecular flexibility index (Phi) is 18.6. The molecule has 6 N–H and O–H groups in total. The summed E-state index contributed by atoms with van der Waals surface area (Å²) in [4.78, 5) is 65.6. The summed E-state index contributed by atoms with van der Waals surface area (Å²) in [5, 5.41) is 29.0. The van der Waals surface area contributed by atoms with E-state index < -0.39 is 36.0 Å². The summed E-state index contributed by atoms with van der Waals surface area (Å²) in [7, 11) is 0. The van der Waals surface area contributed by atoms with E-state index in [0.29, 0.717) is 49.9 Å². The predicted octanol–water partition coefficient (Wildman–Crippen LogP) is 1.93. The molecule has 5 amide bonds. The van der Waals surface area contributed by atoms with E-state index in [2.05, 4.69) is 31.9 Å². The molecule has 0 aliphatic carbocycles. The fourth-order valence-corrected chi connectivity index (χ4v) is 5.18. The van der Waals surface area contributed by atoms with Crippen LogP contribution in [0.2, 0.25) is 0 Å². The Labute approximate surface area is 280 Å². The Hall–Kier alpha value is -3.74. The van der Waals surface area contributed by atoms with Gasteiger partial charge in [0.25, 0.3) is 5.91 Å². The Morgan fingerprint density at radius 1 is 0.723 bits per heavy atom. The highest BCUT2D eigenvalue weighted by Crippen LogP contribution is 2.10. The van der Waals surface area contributed by atoms with Gasteiger partial charge in [0, 0.05) is 31.3 Å². The molecule has 13 heteroatoms. The molecule has 1 aromatic rings. The average molecular weight is 662 g/mol.